The van der Waals surface area contributed by atoms with E-state index in [9.17, 15) is 40.0 Å². The maximum absolute atomic E-state index is 13.4. The Balaban J connectivity index is 1.48. The maximum Gasteiger partial charge on any atom is 0.416 e. The monoisotopic (exact) mass is 712 g/mol. The van der Waals surface area contributed by atoms with Gasteiger partial charge in [0.2, 0.25) is 0 Å². The van der Waals surface area contributed by atoms with Crippen molar-refractivity contribution in [3.05, 3.63) is 89.5 Å². The molecule has 3 aromatic rings. The van der Waals surface area contributed by atoms with Crippen molar-refractivity contribution in [2.75, 3.05) is 30.9 Å². The molecule has 0 bridgehead atoms. The Morgan fingerprint density at radius 3 is 2.20 bits per heavy atom. The van der Waals surface area contributed by atoms with Crippen molar-refractivity contribution in [3.8, 4) is 5.75 Å². The Morgan fingerprint density at radius 1 is 0.980 bits per heavy atom. The van der Waals surface area contributed by atoms with E-state index in [4.69, 9.17) is 9.47 Å². The number of carbonyl (C=O) groups excluding carboxylic acids is 2. The first-order valence-electron chi connectivity index (χ1n) is 15.5. The zero-order valence-corrected chi connectivity index (χ0v) is 27.6. The van der Waals surface area contributed by atoms with Gasteiger partial charge in [-0.15, -0.1) is 0 Å². The van der Waals surface area contributed by atoms with Gasteiger partial charge >= 0.3 is 18.8 Å². The SMILES string of the molecule is CCS(=O)(=O)c1ccc(C(CCCC(=O)OC)NC(=O)c2ccc(N3C[C@@H](Oc4ccc(C(F)(F)F)cc4)C[C@H]3COC(F)F)cc2)cc1. The maximum atomic E-state index is 13.4. The Hall–Kier alpha value is -4.24. The molecule has 3 aromatic carbocycles. The number of carbonyl (C=O) groups is 2. The molecule has 0 aromatic heterocycles. The van der Waals surface area contributed by atoms with E-state index >= 15 is 0 Å². The first kappa shape index (κ1) is 37.6. The van der Waals surface area contributed by atoms with Crippen LogP contribution in [-0.2, 0) is 30.3 Å². The average molecular weight is 713 g/mol. The van der Waals surface area contributed by atoms with Crippen molar-refractivity contribution in [3.63, 3.8) is 0 Å². The minimum atomic E-state index is -4.50. The van der Waals surface area contributed by atoms with E-state index in [1.165, 1.54) is 31.4 Å². The summed E-state index contributed by atoms with van der Waals surface area (Å²) in [7, 11) is -2.15. The van der Waals surface area contributed by atoms with Gasteiger partial charge in [-0.25, -0.2) is 8.42 Å². The molecular weight excluding hydrogens is 675 g/mol. The normalized spacial score (nSPS) is 17.2. The second-order valence-electron chi connectivity index (χ2n) is 11.4. The minimum Gasteiger partial charge on any atom is -0.489 e. The number of alkyl halides is 5. The highest BCUT2D eigenvalue weighted by atomic mass is 32.2. The minimum absolute atomic E-state index is 0.0636. The van der Waals surface area contributed by atoms with E-state index in [0.717, 1.165) is 12.1 Å². The second kappa shape index (κ2) is 16.4. The third-order valence-electron chi connectivity index (χ3n) is 8.16. The number of hydrogen-bond acceptors (Lipinski definition) is 8. The van der Waals surface area contributed by atoms with Gasteiger partial charge in [0.05, 0.1) is 48.6 Å². The molecule has 3 atom stereocenters. The number of nitrogens with zero attached hydrogens (tertiary/aromatic N) is 1. The van der Waals surface area contributed by atoms with Gasteiger partial charge in [0.15, 0.2) is 9.84 Å². The lowest BCUT2D eigenvalue weighted by Gasteiger charge is -2.26. The number of halogens is 5. The molecule has 1 unspecified atom stereocenters. The van der Waals surface area contributed by atoms with Crippen LogP contribution in [0.2, 0.25) is 0 Å². The lowest BCUT2D eigenvalue weighted by atomic mass is 10.00. The lowest BCUT2D eigenvalue weighted by molar-refractivity contribution is -0.141. The topological polar surface area (TPSA) is 111 Å². The Morgan fingerprint density at radius 2 is 1.63 bits per heavy atom. The molecular formula is C34H37F5N2O7S. The summed E-state index contributed by atoms with van der Waals surface area (Å²) in [6.45, 7) is -1.58. The number of rotatable bonds is 15. The van der Waals surface area contributed by atoms with Crippen molar-refractivity contribution in [2.45, 2.75) is 68.5 Å². The van der Waals surface area contributed by atoms with Crippen molar-refractivity contribution >= 4 is 27.4 Å². The van der Waals surface area contributed by atoms with E-state index in [2.05, 4.69) is 10.1 Å². The Kier molecular flexibility index (Phi) is 12.6. The zero-order valence-electron chi connectivity index (χ0n) is 26.8. The number of hydrogen-bond donors (Lipinski definition) is 1. The molecule has 0 aliphatic carbocycles. The smallest absolute Gasteiger partial charge is 0.416 e. The number of ether oxygens (including phenoxy) is 3. The molecule has 1 fully saturated rings. The Labute approximate surface area is 281 Å². The largest absolute Gasteiger partial charge is 0.489 e. The summed E-state index contributed by atoms with van der Waals surface area (Å²) in [5.41, 5.74) is 0.681. The van der Waals surface area contributed by atoms with Crippen LogP contribution in [0, 0.1) is 0 Å². The molecule has 1 heterocycles. The van der Waals surface area contributed by atoms with E-state index in [1.54, 1.807) is 48.2 Å². The first-order chi connectivity index (χ1) is 23.2. The van der Waals surface area contributed by atoms with Crippen LogP contribution in [0.4, 0.5) is 27.6 Å². The van der Waals surface area contributed by atoms with Crippen LogP contribution < -0.4 is 15.0 Å². The number of benzene rings is 3. The van der Waals surface area contributed by atoms with Crippen molar-refractivity contribution in [1.82, 2.24) is 5.32 Å². The summed E-state index contributed by atoms with van der Waals surface area (Å²) in [5, 5.41) is 2.94. The van der Waals surface area contributed by atoms with E-state index < -0.39 is 58.3 Å². The van der Waals surface area contributed by atoms with Crippen LogP contribution >= 0.6 is 0 Å². The highest BCUT2D eigenvalue weighted by molar-refractivity contribution is 7.91. The number of anilines is 1. The van der Waals surface area contributed by atoms with Gasteiger partial charge in [-0.3, -0.25) is 9.59 Å². The van der Waals surface area contributed by atoms with Gasteiger partial charge in [0.1, 0.15) is 11.9 Å². The highest BCUT2D eigenvalue weighted by Gasteiger charge is 2.35. The van der Waals surface area contributed by atoms with Gasteiger partial charge < -0.3 is 24.4 Å². The highest BCUT2D eigenvalue weighted by Crippen LogP contribution is 2.33. The van der Waals surface area contributed by atoms with Crippen LogP contribution in [0.5, 0.6) is 5.75 Å². The van der Waals surface area contributed by atoms with E-state index in [1.807, 2.05) is 0 Å². The van der Waals surface area contributed by atoms with Gasteiger partial charge in [0, 0.05) is 24.1 Å². The third kappa shape index (κ3) is 10.4. The molecule has 0 radical (unpaired) electrons. The lowest BCUT2D eigenvalue weighted by Crippen LogP contribution is -2.34. The number of esters is 1. The molecule has 1 saturated heterocycles. The first-order valence-corrected chi connectivity index (χ1v) is 17.2. The molecule has 0 spiro atoms. The molecule has 0 saturated carbocycles. The quantitative estimate of drug-likeness (QED) is 0.139. The number of nitrogens with one attached hydrogen (secondary N) is 1. The van der Waals surface area contributed by atoms with Crippen LogP contribution in [0.1, 0.15) is 60.1 Å². The molecule has 49 heavy (non-hydrogen) atoms. The molecule has 1 amide bonds. The number of amides is 1. The fourth-order valence-electron chi connectivity index (χ4n) is 5.53. The van der Waals surface area contributed by atoms with Gasteiger partial charge in [-0.05, 0) is 79.1 Å². The summed E-state index contributed by atoms with van der Waals surface area (Å²) < 4.78 is 104. The molecule has 1 aliphatic rings. The third-order valence-corrected chi connectivity index (χ3v) is 9.92. The standard InChI is InChI=1S/C34H37F5N2O7S/c1-3-49(44,45)29-17-9-22(10-18-29)30(5-4-6-31(42)46-2)40-32(43)23-7-13-25(14-8-23)41-20-28(19-26(41)21-47-33(35)36)48-27-15-11-24(12-16-27)34(37,38)39/h7-18,26,28,30,33H,3-6,19-21H2,1-2H3,(H,40,43)/t26-,28-,30?/m0/s1. The van der Waals surface area contributed by atoms with Crippen molar-refractivity contribution < 1.29 is 54.2 Å². The molecule has 15 heteroatoms. The molecule has 9 nitrogen and oxygen atoms in total. The summed E-state index contributed by atoms with van der Waals surface area (Å²) in [4.78, 5) is 27.0. The predicted octanol–water partition coefficient (Wildman–Crippen LogP) is 6.58. The van der Waals surface area contributed by atoms with Gasteiger partial charge in [-0.2, -0.15) is 22.0 Å². The fourth-order valence-corrected chi connectivity index (χ4v) is 6.41. The van der Waals surface area contributed by atoms with Crippen molar-refractivity contribution in [2.24, 2.45) is 0 Å². The summed E-state index contributed by atoms with van der Waals surface area (Å²) in [6, 6.07) is 15.7. The summed E-state index contributed by atoms with van der Waals surface area (Å²) >= 11 is 0. The van der Waals surface area contributed by atoms with Crippen LogP contribution in [0.15, 0.2) is 77.7 Å². The average Bonchev–Trinajstić information content (AvgIpc) is 3.49. The van der Waals surface area contributed by atoms with Crippen LogP contribution in [0.3, 0.4) is 0 Å². The molecule has 4 rings (SSSR count). The summed E-state index contributed by atoms with van der Waals surface area (Å²) in [6.07, 6.45) is -3.93. The van der Waals surface area contributed by atoms with E-state index in [0.29, 0.717) is 24.1 Å². The van der Waals surface area contributed by atoms with Gasteiger partial charge in [-0.1, -0.05) is 19.1 Å². The van der Waals surface area contributed by atoms with Crippen LogP contribution in [0.25, 0.3) is 0 Å². The number of methoxy groups -OCH3 is 1. The second-order valence-corrected chi connectivity index (χ2v) is 13.7. The Bertz CT molecular complexity index is 1650. The molecule has 1 N–H and O–H groups in total. The fraction of sp³-hybridized carbons (Fsp3) is 0.412. The van der Waals surface area contributed by atoms with Crippen molar-refractivity contribution in [1.29, 1.82) is 0 Å². The molecule has 266 valence electrons. The van der Waals surface area contributed by atoms with Gasteiger partial charge in [0.25, 0.3) is 5.91 Å². The zero-order chi connectivity index (χ0) is 35.8. The van der Waals surface area contributed by atoms with Crippen LogP contribution in [-0.4, -0.2) is 65.1 Å². The predicted molar refractivity (Wildman–Crippen MR) is 170 cm³/mol. The van der Waals surface area contributed by atoms with E-state index in [-0.39, 0.29) is 48.0 Å². The number of sulfone groups is 1. The summed E-state index contributed by atoms with van der Waals surface area (Å²) in [5.74, 6) is -0.715. The molecule has 1 aliphatic heterocycles.